The molecule has 0 aromatic heterocycles. The molecule has 2 fully saturated rings. The van der Waals surface area contributed by atoms with Crippen molar-refractivity contribution >= 4 is 23.2 Å². The highest BCUT2D eigenvalue weighted by atomic mass is 35.5. The number of halogens is 2. The Morgan fingerprint density at radius 1 is 0.704 bits per heavy atom. The summed E-state index contributed by atoms with van der Waals surface area (Å²) in [5, 5.41) is 19.5. The molecule has 0 bridgehead atoms. The highest BCUT2D eigenvalue weighted by Crippen LogP contribution is 2.39. The van der Waals surface area contributed by atoms with Gasteiger partial charge in [-0.1, -0.05) is 35.3 Å². The standard InChI is InChI=1S/C19H18Cl2O6/c20-13-5-11(1-3-15(13)22)17-24-7-19(8-25-17)9-26-18(27-10-19)12-2-4-16(23)14(21)6-12/h1-6,17-18,22-23H,7-10H2. The van der Waals surface area contributed by atoms with Crippen molar-refractivity contribution < 1.29 is 29.2 Å². The minimum absolute atomic E-state index is 0.0159. The van der Waals surface area contributed by atoms with Crippen molar-refractivity contribution in [3.05, 3.63) is 57.6 Å². The molecule has 2 aromatic carbocycles. The van der Waals surface area contributed by atoms with Crippen molar-refractivity contribution in [3.8, 4) is 11.5 Å². The lowest BCUT2D eigenvalue weighted by atomic mass is 9.90. The number of benzene rings is 2. The first-order chi connectivity index (χ1) is 13.0. The number of phenols is 2. The molecule has 2 saturated heterocycles. The van der Waals surface area contributed by atoms with E-state index in [-0.39, 0.29) is 21.5 Å². The molecule has 0 aliphatic carbocycles. The maximum atomic E-state index is 9.52. The molecule has 2 aromatic rings. The number of phenolic OH excluding ortho intramolecular Hbond substituents is 2. The monoisotopic (exact) mass is 412 g/mol. The molecule has 2 N–H and O–H groups in total. The van der Waals surface area contributed by atoms with Crippen molar-refractivity contribution in [2.24, 2.45) is 5.41 Å². The molecule has 1 spiro atoms. The minimum Gasteiger partial charge on any atom is -0.506 e. The van der Waals surface area contributed by atoms with Gasteiger partial charge in [0.2, 0.25) is 0 Å². The lowest BCUT2D eigenvalue weighted by molar-refractivity contribution is -0.307. The van der Waals surface area contributed by atoms with Crippen LogP contribution in [-0.4, -0.2) is 36.6 Å². The predicted octanol–water partition coefficient (Wildman–Crippen LogP) is 4.18. The zero-order valence-electron chi connectivity index (χ0n) is 14.2. The van der Waals surface area contributed by atoms with E-state index in [4.69, 9.17) is 42.1 Å². The Morgan fingerprint density at radius 3 is 1.41 bits per heavy atom. The molecule has 2 aliphatic rings. The van der Waals surface area contributed by atoms with Crippen molar-refractivity contribution in [2.75, 3.05) is 26.4 Å². The highest BCUT2D eigenvalue weighted by molar-refractivity contribution is 6.32. The first-order valence-electron chi connectivity index (χ1n) is 8.39. The van der Waals surface area contributed by atoms with Crippen LogP contribution in [0.5, 0.6) is 11.5 Å². The largest absolute Gasteiger partial charge is 0.506 e. The number of ether oxygens (including phenoxy) is 4. The van der Waals surface area contributed by atoms with Crippen molar-refractivity contribution in [3.63, 3.8) is 0 Å². The molecule has 2 aliphatic heterocycles. The van der Waals surface area contributed by atoms with E-state index in [1.807, 2.05) is 0 Å². The molecule has 6 nitrogen and oxygen atoms in total. The smallest absolute Gasteiger partial charge is 0.183 e. The van der Waals surface area contributed by atoms with Gasteiger partial charge in [0.05, 0.1) is 41.9 Å². The SMILES string of the molecule is Oc1ccc(C2OCC3(CO2)COC(c2ccc(O)c(Cl)c2)OC3)cc1Cl. The fourth-order valence-corrected chi connectivity index (χ4v) is 3.46. The van der Waals surface area contributed by atoms with Gasteiger partial charge in [-0.15, -0.1) is 0 Å². The van der Waals surface area contributed by atoms with Crippen molar-refractivity contribution in [1.29, 1.82) is 0 Å². The van der Waals surface area contributed by atoms with Crippen LogP contribution >= 0.6 is 23.2 Å². The summed E-state index contributed by atoms with van der Waals surface area (Å²) in [7, 11) is 0. The Kier molecular flexibility index (Phi) is 5.20. The fourth-order valence-electron chi connectivity index (χ4n) is 3.08. The van der Waals surface area contributed by atoms with Crippen LogP contribution in [0.4, 0.5) is 0 Å². The van der Waals surface area contributed by atoms with Gasteiger partial charge in [-0.25, -0.2) is 0 Å². The summed E-state index contributed by atoms with van der Waals surface area (Å²) < 4.78 is 23.4. The Labute approximate surface area is 166 Å². The molecule has 2 heterocycles. The molecule has 4 rings (SSSR count). The number of hydrogen-bond acceptors (Lipinski definition) is 6. The van der Waals surface area contributed by atoms with Crippen LogP contribution in [0.2, 0.25) is 10.0 Å². The lowest BCUT2D eigenvalue weighted by Gasteiger charge is -2.43. The van der Waals surface area contributed by atoms with E-state index in [1.165, 1.54) is 12.1 Å². The maximum absolute atomic E-state index is 9.52. The van der Waals surface area contributed by atoms with Gasteiger partial charge in [-0.2, -0.15) is 0 Å². The molecule has 0 saturated carbocycles. The normalized spacial score (nSPS) is 28.4. The van der Waals surface area contributed by atoms with Crippen molar-refractivity contribution in [1.82, 2.24) is 0 Å². The Bertz CT molecular complexity index is 754. The molecule has 0 atom stereocenters. The van der Waals surface area contributed by atoms with Gasteiger partial charge in [0.1, 0.15) is 11.5 Å². The summed E-state index contributed by atoms with van der Waals surface area (Å²) in [5.41, 5.74) is 1.08. The van der Waals surface area contributed by atoms with Crippen LogP contribution in [0, 0.1) is 5.41 Å². The van der Waals surface area contributed by atoms with Crippen LogP contribution in [0.3, 0.4) is 0 Å². The zero-order chi connectivity index (χ0) is 19.0. The molecule has 0 amide bonds. The minimum atomic E-state index is -0.553. The summed E-state index contributed by atoms with van der Waals surface area (Å²) >= 11 is 11.9. The third kappa shape index (κ3) is 3.87. The van der Waals surface area contributed by atoms with Crippen LogP contribution in [0.25, 0.3) is 0 Å². The van der Waals surface area contributed by atoms with Gasteiger partial charge in [0.15, 0.2) is 12.6 Å². The van der Waals surface area contributed by atoms with Gasteiger partial charge < -0.3 is 29.2 Å². The quantitative estimate of drug-likeness (QED) is 0.769. The van der Waals surface area contributed by atoms with E-state index in [0.717, 1.165) is 11.1 Å². The first kappa shape index (κ1) is 18.8. The second kappa shape index (κ2) is 7.47. The molecular formula is C19H18Cl2O6. The van der Waals surface area contributed by atoms with Crippen LogP contribution in [0.1, 0.15) is 23.7 Å². The Hall–Kier alpha value is -1.54. The van der Waals surface area contributed by atoms with Crippen LogP contribution in [-0.2, 0) is 18.9 Å². The summed E-state index contributed by atoms with van der Waals surface area (Å²) in [4.78, 5) is 0. The average Bonchev–Trinajstić information content (AvgIpc) is 2.68. The topological polar surface area (TPSA) is 77.4 Å². The second-order valence-corrected chi connectivity index (χ2v) is 7.64. The Balaban J connectivity index is 1.37. The van der Waals surface area contributed by atoms with Gasteiger partial charge in [-0.05, 0) is 24.3 Å². The Morgan fingerprint density at radius 2 is 1.07 bits per heavy atom. The summed E-state index contributed by atoms with van der Waals surface area (Å²) in [6.07, 6.45) is -1.11. The second-order valence-electron chi connectivity index (χ2n) is 6.83. The van der Waals surface area contributed by atoms with Crippen LogP contribution < -0.4 is 0 Å². The fraction of sp³-hybridized carbons (Fsp3) is 0.368. The maximum Gasteiger partial charge on any atom is 0.183 e. The lowest BCUT2D eigenvalue weighted by Crippen LogP contribution is -2.49. The first-order valence-corrected chi connectivity index (χ1v) is 9.15. The summed E-state index contributed by atoms with van der Waals surface area (Å²) in [6, 6.07) is 9.69. The van der Waals surface area contributed by atoms with Gasteiger partial charge in [-0.3, -0.25) is 0 Å². The summed E-state index contributed by atoms with van der Waals surface area (Å²) in [5.74, 6) is 0.0318. The molecule has 8 heteroatoms. The number of aromatic hydroxyl groups is 2. The average molecular weight is 413 g/mol. The van der Waals surface area contributed by atoms with Gasteiger partial charge >= 0.3 is 0 Å². The molecule has 0 unspecified atom stereocenters. The molecule has 27 heavy (non-hydrogen) atoms. The van der Waals surface area contributed by atoms with E-state index in [9.17, 15) is 10.2 Å². The van der Waals surface area contributed by atoms with E-state index in [1.54, 1.807) is 24.3 Å². The molecule has 0 radical (unpaired) electrons. The van der Waals surface area contributed by atoms with E-state index in [0.29, 0.717) is 26.4 Å². The van der Waals surface area contributed by atoms with Crippen LogP contribution in [0.15, 0.2) is 36.4 Å². The molecule has 144 valence electrons. The molecular weight excluding hydrogens is 395 g/mol. The number of rotatable bonds is 2. The highest BCUT2D eigenvalue weighted by Gasteiger charge is 2.42. The summed E-state index contributed by atoms with van der Waals surface area (Å²) in [6.45, 7) is 1.61. The van der Waals surface area contributed by atoms with E-state index < -0.39 is 18.0 Å². The number of hydrogen-bond donors (Lipinski definition) is 2. The van der Waals surface area contributed by atoms with Crippen molar-refractivity contribution in [2.45, 2.75) is 12.6 Å². The van der Waals surface area contributed by atoms with E-state index in [2.05, 4.69) is 0 Å². The third-order valence-corrected chi connectivity index (χ3v) is 5.26. The zero-order valence-corrected chi connectivity index (χ0v) is 15.7. The van der Waals surface area contributed by atoms with E-state index >= 15 is 0 Å². The van der Waals surface area contributed by atoms with Gasteiger partial charge in [0.25, 0.3) is 0 Å². The third-order valence-electron chi connectivity index (χ3n) is 4.65. The van der Waals surface area contributed by atoms with Gasteiger partial charge in [0, 0.05) is 11.1 Å². The predicted molar refractivity (Wildman–Crippen MR) is 98.0 cm³/mol.